The van der Waals surface area contributed by atoms with Gasteiger partial charge in [0.15, 0.2) is 0 Å². The molecule has 0 bridgehead atoms. The number of rotatable bonds is 6. The fraction of sp³-hybridized carbons (Fsp3) is 0.917. The van der Waals surface area contributed by atoms with E-state index in [0.717, 1.165) is 32.1 Å². The van der Waals surface area contributed by atoms with Crippen LogP contribution in [0.15, 0.2) is 0 Å². The normalized spacial score (nSPS) is 30.7. The highest BCUT2D eigenvalue weighted by atomic mass is 16.4. The lowest BCUT2D eigenvalue weighted by molar-refractivity contribution is -0.307. The van der Waals surface area contributed by atoms with Gasteiger partial charge in [-0.3, -0.25) is 0 Å². The molecule has 0 aromatic rings. The van der Waals surface area contributed by atoms with Crippen LogP contribution in [0.4, 0.5) is 0 Å². The van der Waals surface area contributed by atoms with Gasteiger partial charge in [-0.1, -0.05) is 26.2 Å². The quantitative estimate of drug-likeness (QED) is 0.672. The van der Waals surface area contributed by atoms with Crippen molar-refractivity contribution >= 4 is 5.97 Å². The van der Waals surface area contributed by atoms with E-state index in [4.69, 9.17) is 0 Å². The molecule has 1 aliphatic rings. The van der Waals surface area contributed by atoms with Crippen LogP contribution in [0.5, 0.6) is 0 Å². The molecule has 0 spiro atoms. The van der Waals surface area contributed by atoms with E-state index in [1.165, 1.54) is 6.42 Å². The second-order valence-corrected chi connectivity index (χ2v) is 4.64. The SMILES string of the molecule is CCCCC[C@H]1[C@@H](CC(=O)[O-])CC[C@H]1O. The number of carboxylic acids is 1. The van der Waals surface area contributed by atoms with E-state index in [0.29, 0.717) is 0 Å². The van der Waals surface area contributed by atoms with Crippen molar-refractivity contribution in [1.29, 1.82) is 0 Å². The Balaban J connectivity index is 2.38. The maximum Gasteiger partial charge on any atom is 0.0571 e. The van der Waals surface area contributed by atoms with Gasteiger partial charge in [-0.15, -0.1) is 0 Å². The van der Waals surface area contributed by atoms with Crippen LogP contribution >= 0.6 is 0 Å². The summed E-state index contributed by atoms with van der Waals surface area (Å²) in [6.07, 6.45) is 5.82. The monoisotopic (exact) mass is 213 g/mol. The summed E-state index contributed by atoms with van der Waals surface area (Å²) >= 11 is 0. The van der Waals surface area contributed by atoms with Crippen molar-refractivity contribution in [3.8, 4) is 0 Å². The van der Waals surface area contributed by atoms with E-state index < -0.39 is 5.97 Å². The molecule has 88 valence electrons. The first-order valence-electron chi connectivity index (χ1n) is 6.03. The van der Waals surface area contributed by atoms with Crippen LogP contribution in [0.2, 0.25) is 0 Å². The lowest BCUT2D eigenvalue weighted by Gasteiger charge is -2.22. The Bertz CT molecular complexity index is 203. The number of hydrogen-bond donors (Lipinski definition) is 1. The smallest absolute Gasteiger partial charge is 0.0571 e. The van der Waals surface area contributed by atoms with Crippen molar-refractivity contribution in [3.63, 3.8) is 0 Å². The Labute approximate surface area is 91.5 Å². The molecule has 0 aromatic carbocycles. The predicted octanol–water partition coefficient (Wildman–Crippen LogP) is 1.09. The summed E-state index contributed by atoms with van der Waals surface area (Å²) in [6.45, 7) is 2.14. The van der Waals surface area contributed by atoms with Gasteiger partial charge < -0.3 is 15.0 Å². The first kappa shape index (κ1) is 12.5. The Morgan fingerprint density at radius 1 is 1.40 bits per heavy atom. The van der Waals surface area contributed by atoms with E-state index in [2.05, 4.69) is 6.92 Å². The molecule has 0 unspecified atom stereocenters. The van der Waals surface area contributed by atoms with Gasteiger partial charge in [-0.2, -0.15) is 0 Å². The first-order valence-corrected chi connectivity index (χ1v) is 6.03. The van der Waals surface area contributed by atoms with Gasteiger partial charge in [0.25, 0.3) is 0 Å². The Hall–Kier alpha value is -0.570. The minimum atomic E-state index is -0.977. The summed E-state index contributed by atoms with van der Waals surface area (Å²) in [5.74, 6) is -0.647. The summed E-state index contributed by atoms with van der Waals surface area (Å²) in [6, 6.07) is 0. The van der Waals surface area contributed by atoms with Crippen LogP contribution in [0, 0.1) is 11.8 Å². The Kier molecular flexibility index (Phi) is 5.09. The molecule has 1 N–H and O–H groups in total. The largest absolute Gasteiger partial charge is 0.550 e. The van der Waals surface area contributed by atoms with E-state index >= 15 is 0 Å². The van der Waals surface area contributed by atoms with Crippen molar-refractivity contribution in [2.24, 2.45) is 11.8 Å². The molecule has 0 heterocycles. The lowest BCUT2D eigenvalue weighted by Crippen LogP contribution is -2.28. The van der Waals surface area contributed by atoms with Crippen LogP contribution in [-0.2, 0) is 4.79 Å². The van der Waals surface area contributed by atoms with Gasteiger partial charge >= 0.3 is 0 Å². The van der Waals surface area contributed by atoms with E-state index in [1.807, 2.05) is 0 Å². The van der Waals surface area contributed by atoms with Crippen LogP contribution in [0.25, 0.3) is 0 Å². The number of carbonyl (C=O) groups is 1. The lowest BCUT2D eigenvalue weighted by atomic mass is 9.87. The summed E-state index contributed by atoms with van der Waals surface area (Å²) in [4.78, 5) is 10.5. The molecule has 0 saturated heterocycles. The summed E-state index contributed by atoms with van der Waals surface area (Å²) < 4.78 is 0. The van der Waals surface area contributed by atoms with Gasteiger partial charge in [-0.05, 0) is 37.5 Å². The molecule has 3 nitrogen and oxygen atoms in total. The molecule has 3 heteroatoms. The molecule has 0 radical (unpaired) electrons. The summed E-state index contributed by atoms with van der Waals surface area (Å²) in [5.41, 5.74) is 0. The van der Waals surface area contributed by atoms with E-state index in [1.54, 1.807) is 0 Å². The minimum absolute atomic E-state index is 0.119. The number of carboxylic acid groups (broad SMARTS) is 1. The van der Waals surface area contributed by atoms with Crippen LogP contribution < -0.4 is 5.11 Å². The molecular formula is C12H21O3-. The van der Waals surface area contributed by atoms with Crippen molar-refractivity contribution in [1.82, 2.24) is 0 Å². The van der Waals surface area contributed by atoms with E-state index in [-0.39, 0.29) is 24.4 Å². The fourth-order valence-electron chi connectivity index (χ4n) is 2.65. The number of aliphatic hydroxyl groups is 1. The van der Waals surface area contributed by atoms with Crippen LogP contribution in [0.3, 0.4) is 0 Å². The second kappa shape index (κ2) is 6.11. The molecule has 1 rings (SSSR count). The first-order chi connectivity index (χ1) is 7.15. The molecule has 1 fully saturated rings. The maximum atomic E-state index is 10.5. The zero-order valence-electron chi connectivity index (χ0n) is 9.45. The van der Waals surface area contributed by atoms with Crippen molar-refractivity contribution in [2.75, 3.05) is 0 Å². The highest BCUT2D eigenvalue weighted by molar-refractivity contribution is 5.64. The van der Waals surface area contributed by atoms with Gasteiger partial charge in [0, 0.05) is 5.97 Å². The standard InChI is InChI=1S/C12H22O3/c1-2-3-4-5-10-9(8-12(14)15)6-7-11(10)13/h9-11,13H,2-8H2,1H3,(H,14,15)/p-1/t9-,10+,11-/m1/s1. The highest BCUT2D eigenvalue weighted by Crippen LogP contribution is 2.37. The number of aliphatic hydroxyl groups excluding tert-OH is 1. The van der Waals surface area contributed by atoms with Gasteiger partial charge in [0.1, 0.15) is 0 Å². The molecule has 1 saturated carbocycles. The van der Waals surface area contributed by atoms with Gasteiger partial charge in [0.2, 0.25) is 0 Å². The number of hydrogen-bond acceptors (Lipinski definition) is 3. The van der Waals surface area contributed by atoms with Crippen LogP contribution in [-0.4, -0.2) is 17.2 Å². The zero-order valence-corrected chi connectivity index (χ0v) is 9.45. The van der Waals surface area contributed by atoms with Crippen molar-refractivity contribution in [2.45, 2.75) is 58.0 Å². The fourth-order valence-corrected chi connectivity index (χ4v) is 2.65. The number of unbranched alkanes of at least 4 members (excludes halogenated alkanes) is 2. The summed E-state index contributed by atoms with van der Waals surface area (Å²) in [7, 11) is 0. The Morgan fingerprint density at radius 2 is 2.13 bits per heavy atom. The number of aliphatic carboxylic acids is 1. The molecule has 0 aromatic heterocycles. The average molecular weight is 213 g/mol. The molecule has 0 amide bonds. The van der Waals surface area contributed by atoms with Gasteiger partial charge in [0.05, 0.1) is 6.10 Å². The second-order valence-electron chi connectivity index (χ2n) is 4.64. The van der Waals surface area contributed by atoms with E-state index in [9.17, 15) is 15.0 Å². The third-order valence-electron chi connectivity index (χ3n) is 3.50. The molecular weight excluding hydrogens is 192 g/mol. The third kappa shape index (κ3) is 3.82. The topological polar surface area (TPSA) is 60.4 Å². The highest BCUT2D eigenvalue weighted by Gasteiger charge is 2.33. The minimum Gasteiger partial charge on any atom is -0.550 e. The van der Waals surface area contributed by atoms with Gasteiger partial charge in [-0.25, -0.2) is 0 Å². The number of carbonyl (C=O) groups excluding carboxylic acids is 1. The van der Waals surface area contributed by atoms with Crippen molar-refractivity contribution < 1.29 is 15.0 Å². The molecule has 3 atom stereocenters. The molecule has 1 aliphatic carbocycles. The zero-order chi connectivity index (χ0) is 11.3. The Morgan fingerprint density at radius 3 is 2.73 bits per heavy atom. The molecule has 15 heavy (non-hydrogen) atoms. The summed E-state index contributed by atoms with van der Waals surface area (Å²) in [5, 5.41) is 20.3. The third-order valence-corrected chi connectivity index (χ3v) is 3.50. The maximum absolute atomic E-state index is 10.5. The van der Waals surface area contributed by atoms with Crippen LogP contribution in [0.1, 0.15) is 51.9 Å². The average Bonchev–Trinajstić information content (AvgIpc) is 2.49. The predicted molar refractivity (Wildman–Crippen MR) is 56.0 cm³/mol. The van der Waals surface area contributed by atoms with Crippen molar-refractivity contribution in [3.05, 3.63) is 0 Å². The molecule has 0 aliphatic heterocycles.